The molecule has 2 aromatic rings. The minimum atomic E-state index is -0.396. The van der Waals surface area contributed by atoms with E-state index >= 15 is 0 Å². The molecule has 0 saturated carbocycles. The van der Waals surface area contributed by atoms with E-state index in [1.807, 2.05) is 18.4 Å². The molecule has 0 aliphatic heterocycles. The van der Waals surface area contributed by atoms with Crippen molar-refractivity contribution in [3.63, 3.8) is 0 Å². The monoisotopic (exact) mass is 197 g/mol. The zero-order valence-corrected chi connectivity index (χ0v) is 8.00. The van der Waals surface area contributed by atoms with Crippen molar-refractivity contribution in [1.82, 2.24) is 9.97 Å². The molecule has 73 valence electrons. The molecule has 0 amide bonds. The van der Waals surface area contributed by atoms with E-state index in [-0.39, 0.29) is 0 Å². The van der Waals surface area contributed by atoms with Crippen molar-refractivity contribution >= 4 is 6.29 Å². The van der Waals surface area contributed by atoms with Gasteiger partial charge in [0.2, 0.25) is 6.29 Å². The molecule has 2 heterocycles. The first-order valence-electron chi connectivity index (χ1n) is 4.59. The van der Waals surface area contributed by atoms with Crippen molar-refractivity contribution in [1.29, 1.82) is 0 Å². The Morgan fingerprint density at radius 2 is 1.53 bits per heavy atom. The maximum absolute atomic E-state index is 10.9. The molecule has 0 aliphatic carbocycles. The van der Waals surface area contributed by atoms with Crippen LogP contribution in [0.5, 0.6) is 0 Å². The van der Waals surface area contributed by atoms with Crippen molar-refractivity contribution in [2.75, 3.05) is 0 Å². The average Bonchev–Trinajstić information content (AvgIpc) is 2.33. The van der Waals surface area contributed by atoms with Crippen molar-refractivity contribution in [3.05, 3.63) is 60.2 Å². The summed E-state index contributed by atoms with van der Waals surface area (Å²) in [6.07, 6.45) is 8.69. The zero-order valence-electron chi connectivity index (χ0n) is 8.00. The second-order valence-corrected chi connectivity index (χ2v) is 3.12. The molecule has 1 radical (unpaired) electrons. The highest BCUT2D eigenvalue weighted by molar-refractivity contribution is 5.68. The summed E-state index contributed by atoms with van der Waals surface area (Å²) in [5, 5.41) is 0. The molecule has 3 heteroatoms. The van der Waals surface area contributed by atoms with Gasteiger partial charge in [-0.05, 0) is 23.3 Å². The van der Waals surface area contributed by atoms with Gasteiger partial charge in [-0.25, -0.2) is 0 Å². The van der Waals surface area contributed by atoms with Gasteiger partial charge < -0.3 is 0 Å². The predicted molar refractivity (Wildman–Crippen MR) is 56.0 cm³/mol. The average molecular weight is 197 g/mol. The Bertz CT molecular complexity index is 388. The van der Waals surface area contributed by atoms with Crippen LogP contribution in [0.4, 0.5) is 0 Å². The van der Waals surface area contributed by atoms with Crippen LogP contribution in [-0.2, 0) is 4.79 Å². The van der Waals surface area contributed by atoms with Gasteiger partial charge in [-0.15, -0.1) is 0 Å². The van der Waals surface area contributed by atoms with Gasteiger partial charge in [0.1, 0.15) is 0 Å². The van der Waals surface area contributed by atoms with Gasteiger partial charge in [-0.1, -0.05) is 12.1 Å². The first-order valence-corrected chi connectivity index (χ1v) is 4.59. The fourth-order valence-corrected chi connectivity index (χ4v) is 1.42. The van der Waals surface area contributed by atoms with E-state index in [2.05, 4.69) is 9.97 Å². The smallest absolute Gasteiger partial charge is 0.211 e. The summed E-state index contributed by atoms with van der Waals surface area (Å²) in [7, 11) is 0. The SMILES string of the molecule is O=[C]C(c1cccnc1)c1cccnc1. The molecule has 15 heavy (non-hydrogen) atoms. The van der Waals surface area contributed by atoms with Gasteiger partial charge in [-0.2, -0.15) is 0 Å². The first kappa shape index (κ1) is 9.52. The van der Waals surface area contributed by atoms with Crippen molar-refractivity contribution in [2.45, 2.75) is 5.92 Å². The number of hydrogen-bond acceptors (Lipinski definition) is 3. The van der Waals surface area contributed by atoms with Gasteiger partial charge in [0, 0.05) is 24.8 Å². The molecule has 0 spiro atoms. The molecule has 0 unspecified atom stereocenters. The van der Waals surface area contributed by atoms with E-state index in [0.29, 0.717) is 0 Å². The van der Waals surface area contributed by atoms with Gasteiger partial charge in [0.05, 0.1) is 5.92 Å². The summed E-state index contributed by atoms with van der Waals surface area (Å²) in [5.74, 6) is -0.396. The Morgan fingerprint density at radius 3 is 1.87 bits per heavy atom. The summed E-state index contributed by atoms with van der Waals surface area (Å²) in [4.78, 5) is 18.9. The maximum atomic E-state index is 10.9. The van der Waals surface area contributed by atoms with Gasteiger partial charge in [-0.3, -0.25) is 14.8 Å². The molecule has 0 bridgehead atoms. The van der Waals surface area contributed by atoms with E-state index in [9.17, 15) is 4.79 Å². The third kappa shape index (κ3) is 2.07. The molecule has 2 aromatic heterocycles. The molecule has 0 N–H and O–H groups in total. The van der Waals surface area contributed by atoms with E-state index in [0.717, 1.165) is 11.1 Å². The number of pyridine rings is 2. The van der Waals surface area contributed by atoms with Crippen LogP contribution in [0.25, 0.3) is 0 Å². The number of aromatic nitrogens is 2. The molecule has 0 aliphatic rings. The lowest BCUT2D eigenvalue weighted by Gasteiger charge is -2.08. The fraction of sp³-hybridized carbons (Fsp3) is 0.0833. The standard InChI is InChI=1S/C12H9N2O/c15-9-12(10-3-1-5-13-7-10)11-4-2-6-14-8-11/h1-8,12H. The van der Waals surface area contributed by atoms with Crippen LogP contribution in [0.15, 0.2) is 49.1 Å². The molecule has 0 aromatic carbocycles. The van der Waals surface area contributed by atoms with Crippen LogP contribution in [-0.4, -0.2) is 16.3 Å². The topological polar surface area (TPSA) is 42.9 Å². The number of nitrogens with zero attached hydrogens (tertiary/aromatic N) is 2. The normalized spacial score (nSPS) is 10.2. The first-order chi connectivity index (χ1) is 7.42. The highest BCUT2D eigenvalue weighted by Gasteiger charge is 2.13. The second-order valence-electron chi connectivity index (χ2n) is 3.12. The Hall–Kier alpha value is -2.03. The minimum absolute atomic E-state index is 0.396. The van der Waals surface area contributed by atoms with E-state index in [4.69, 9.17) is 0 Å². The molecule has 2 rings (SSSR count). The van der Waals surface area contributed by atoms with Crippen LogP contribution < -0.4 is 0 Å². The largest absolute Gasteiger partial charge is 0.290 e. The summed E-state index contributed by atoms with van der Waals surface area (Å²) >= 11 is 0. The lowest BCUT2D eigenvalue weighted by Crippen LogP contribution is -2.02. The number of carbonyl (C=O) groups excluding carboxylic acids is 1. The highest BCUT2D eigenvalue weighted by atomic mass is 16.1. The van der Waals surface area contributed by atoms with Gasteiger partial charge >= 0.3 is 0 Å². The van der Waals surface area contributed by atoms with Crippen molar-refractivity contribution in [2.24, 2.45) is 0 Å². The lowest BCUT2D eigenvalue weighted by atomic mass is 9.95. The number of rotatable bonds is 3. The summed E-state index contributed by atoms with van der Waals surface area (Å²) in [6.45, 7) is 0. The van der Waals surface area contributed by atoms with Crippen LogP contribution in [0.2, 0.25) is 0 Å². The number of hydrogen-bond donors (Lipinski definition) is 0. The zero-order chi connectivity index (χ0) is 10.5. The second kappa shape index (κ2) is 4.46. The summed E-state index contributed by atoms with van der Waals surface area (Å²) in [5.41, 5.74) is 1.67. The van der Waals surface area contributed by atoms with Crippen LogP contribution in [0, 0.1) is 0 Å². The molecule has 3 nitrogen and oxygen atoms in total. The van der Waals surface area contributed by atoms with Crippen LogP contribution >= 0.6 is 0 Å². The molecular weight excluding hydrogens is 188 g/mol. The molecule has 0 saturated heterocycles. The Morgan fingerprint density at radius 1 is 1.00 bits per heavy atom. The fourth-order valence-electron chi connectivity index (χ4n) is 1.42. The lowest BCUT2D eigenvalue weighted by molar-refractivity contribution is 0.549. The predicted octanol–water partition coefficient (Wildman–Crippen LogP) is 1.72. The minimum Gasteiger partial charge on any atom is -0.290 e. The maximum Gasteiger partial charge on any atom is 0.211 e. The molecule has 0 fully saturated rings. The Balaban J connectivity index is 2.38. The third-order valence-corrected chi connectivity index (χ3v) is 2.15. The van der Waals surface area contributed by atoms with Crippen molar-refractivity contribution in [3.8, 4) is 0 Å². The van der Waals surface area contributed by atoms with E-state index in [1.54, 1.807) is 36.9 Å². The highest BCUT2D eigenvalue weighted by Crippen LogP contribution is 2.20. The van der Waals surface area contributed by atoms with Crippen molar-refractivity contribution < 1.29 is 4.79 Å². The Labute approximate surface area is 87.8 Å². The summed E-state index contributed by atoms with van der Waals surface area (Å²) in [6, 6.07) is 7.32. The van der Waals surface area contributed by atoms with E-state index < -0.39 is 5.92 Å². The van der Waals surface area contributed by atoms with Gasteiger partial charge in [0.15, 0.2) is 0 Å². The van der Waals surface area contributed by atoms with Crippen LogP contribution in [0.3, 0.4) is 0 Å². The third-order valence-electron chi connectivity index (χ3n) is 2.15. The molecule has 0 atom stereocenters. The molecular formula is C12H9N2O. The summed E-state index contributed by atoms with van der Waals surface area (Å²) < 4.78 is 0. The van der Waals surface area contributed by atoms with E-state index in [1.165, 1.54) is 0 Å². The van der Waals surface area contributed by atoms with Crippen LogP contribution in [0.1, 0.15) is 17.0 Å². The van der Waals surface area contributed by atoms with Gasteiger partial charge in [0.25, 0.3) is 0 Å². The quantitative estimate of drug-likeness (QED) is 0.752. The Kier molecular flexibility index (Phi) is 2.83.